The minimum absolute atomic E-state index is 0.0834. The van der Waals surface area contributed by atoms with Gasteiger partial charge in [-0.25, -0.2) is 0 Å². The summed E-state index contributed by atoms with van der Waals surface area (Å²) in [7, 11) is -0.873. The first-order valence-corrected chi connectivity index (χ1v) is 8.32. The fraction of sp³-hybridized carbons (Fsp3) is 0.625. The van der Waals surface area contributed by atoms with Crippen LogP contribution in [0.2, 0.25) is 0 Å². The largest absolute Gasteiger partial charge is 0.327 e. The van der Waals surface area contributed by atoms with Crippen LogP contribution in [0, 0.1) is 0 Å². The van der Waals surface area contributed by atoms with Gasteiger partial charge in [-0.3, -0.25) is 4.21 Å². The zero-order valence-corrected chi connectivity index (χ0v) is 13.0. The summed E-state index contributed by atoms with van der Waals surface area (Å²) in [4.78, 5) is 0. The van der Waals surface area contributed by atoms with Gasteiger partial charge < -0.3 is 5.73 Å². The van der Waals surface area contributed by atoms with Gasteiger partial charge in [-0.2, -0.15) is 0 Å². The van der Waals surface area contributed by atoms with Crippen LogP contribution >= 0.6 is 0 Å². The Morgan fingerprint density at radius 3 is 2.37 bits per heavy atom. The molecular weight excluding hydrogens is 254 g/mol. The van der Waals surface area contributed by atoms with Gasteiger partial charge in [0, 0.05) is 21.6 Å². The van der Waals surface area contributed by atoms with Crippen LogP contribution in [0.1, 0.15) is 51.5 Å². The molecule has 0 amide bonds. The molecule has 1 fully saturated rings. The molecule has 4 atom stereocenters. The highest BCUT2D eigenvalue weighted by Crippen LogP contribution is 2.36. The van der Waals surface area contributed by atoms with Gasteiger partial charge in [-0.15, -0.1) is 0 Å². The van der Waals surface area contributed by atoms with Crippen molar-refractivity contribution < 1.29 is 4.21 Å². The smallest absolute Gasteiger partial charge is 0.0510 e. The maximum Gasteiger partial charge on any atom is 0.0510 e. The molecule has 1 aliphatic rings. The molecule has 0 spiro atoms. The summed E-state index contributed by atoms with van der Waals surface area (Å²) in [5.41, 5.74) is 7.59. The zero-order chi connectivity index (χ0) is 14.0. The van der Waals surface area contributed by atoms with Crippen molar-refractivity contribution in [3.8, 4) is 0 Å². The molecule has 3 heteroatoms. The van der Waals surface area contributed by atoms with Gasteiger partial charge >= 0.3 is 0 Å². The van der Waals surface area contributed by atoms with Crippen LogP contribution in [-0.4, -0.2) is 20.2 Å². The maximum absolute atomic E-state index is 12.6. The third-order valence-electron chi connectivity index (χ3n) is 3.99. The number of nitrogens with two attached hydrogens (primary N) is 1. The normalized spacial score (nSPS) is 30.0. The molecule has 0 aliphatic heterocycles. The first kappa shape index (κ1) is 14.7. The third kappa shape index (κ3) is 3.46. The molecule has 1 aromatic carbocycles. The molecule has 1 aromatic rings. The molecule has 19 heavy (non-hydrogen) atoms. The standard InChI is InChI=1S/C16H25NOS/c1-16(2,3)19(18)15-11-13(9-10-14(15)17)12-7-5-4-6-8-12/h4-8,13-15H,9-11,17H2,1-3H3. The van der Waals surface area contributed by atoms with Crippen molar-refractivity contribution in [3.63, 3.8) is 0 Å². The Morgan fingerprint density at radius 1 is 1.16 bits per heavy atom. The van der Waals surface area contributed by atoms with Crippen LogP contribution in [0.4, 0.5) is 0 Å². The van der Waals surface area contributed by atoms with E-state index in [2.05, 4.69) is 24.3 Å². The molecular formula is C16H25NOS. The molecule has 2 nitrogen and oxygen atoms in total. The molecule has 2 N–H and O–H groups in total. The first-order valence-electron chi connectivity index (χ1n) is 7.11. The van der Waals surface area contributed by atoms with E-state index in [1.54, 1.807) is 0 Å². The van der Waals surface area contributed by atoms with Gasteiger partial charge in [0.15, 0.2) is 0 Å². The summed E-state index contributed by atoms with van der Waals surface area (Å²) in [6.45, 7) is 6.13. The van der Waals surface area contributed by atoms with Crippen molar-refractivity contribution in [2.45, 2.75) is 62.0 Å². The van der Waals surface area contributed by atoms with Gasteiger partial charge in [-0.1, -0.05) is 30.3 Å². The highest BCUT2D eigenvalue weighted by Gasteiger charge is 2.37. The van der Waals surface area contributed by atoms with Gasteiger partial charge in [0.1, 0.15) is 0 Å². The predicted octanol–water partition coefficient (Wildman–Crippen LogP) is 3.20. The summed E-state index contributed by atoms with van der Waals surface area (Å²) in [5.74, 6) is 0.511. The molecule has 106 valence electrons. The minimum atomic E-state index is -0.873. The summed E-state index contributed by atoms with van der Waals surface area (Å²) in [6, 6.07) is 10.7. The van der Waals surface area contributed by atoms with Crippen LogP contribution in [0.15, 0.2) is 30.3 Å². The molecule has 0 aromatic heterocycles. The quantitative estimate of drug-likeness (QED) is 0.903. The Labute approximate surface area is 119 Å². The Bertz CT molecular complexity index is 438. The maximum atomic E-state index is 12.6. The third-order valence-corrected chi connectivity index (χ3v) is 6.29. The lowest BCUT2D eigenvalue weighted by Gasteiger charge is -2.37. The molecule has 2 rings (SSSR count). The Morgan fingerprint density at radius 2 is 1.79 bits per heavy atom. The van der Waals surface area contributed by atoms with Crippen molar-refractivity contribution in [2.24, 2.45) is 5.73 Å². The molecule has 1 saturated carbocycles. The molecule has 4 unspecified atom stereocenters. The average Bonchev–Trinajstić information content (AvgIpc) is 2.38. The van der Waals surface area contributed by atoms with Gasteiger partial charge in [-0.05, 0) is 51.5 Å². The summed E-state index contributed by atoms with van der Waals surface area (Å²) in [5, 5.41) is 0.124. The number of rotatable bonds is 2. The van der Waals surface area contributed by atoms with Gasteiger partial charge in [0.2, 0.25) is 0 Å². The lowest BCUT2D eigenvalue weighted by atomic mass is 9.82. The van der Waals surface area contributed by atoms with E-state index in [1.165, 1.54) is 5.56 Å². The van der Waals surface area contributed by atoms with E-state index in [0.29, 0.717) is 5.92 Å². The van der Waals surface area contributed by atoms with Crippen LogP contribution in [0.3, 0.4) is 0 Å². The number of hydrogen-bond acceptors (Lipinski definition) is 2. The van der Waals surface area contributed by atoms with Gasteiger partial charge in [0.05, 0.1) is 5.25 Å². The molecule has 0 heterocycles. The average molecular weight is 279 g/mol. The van der Waals surface area contributed by atoms with Crippen LogP contribution in [0.25, 0.3) is 0 Å². The second kappa shape index (κ2) is 5.76. The van der Waals surface area contributed by atoms with E-state index in [0.717, 1.165) is 19.3 Å². The van der Waals surface area contributed by atoms with E-state index >= 15 is 0 Å². The monoisotopic (exact) mass is 279 g/mol. The molecule has 0 bridgehead atoms. The zero-order valence-electron chi connectivity index (χ0n) is 12.1. The van der Waals surface area contributed by atoms with E-state index < -0.39 is 10.8 Å². The van der Waals surface area contributed by atoms with Crippen molar-refractivity contribution in [3.05, 3.63) is 35.9 Å². The first-order chi connectivity index (χ1) is 8.89. The van der Waals surface area contributed by atoms with E-state index in [1.807, 2.05) is 26.8 Å². The summed E-state index contributed by atoms with van der Waals surface area (Å²) in [6.07, 6.45) is 3.05. The molecule has 1 aliphatic carbocycles. The second-order valence-electron chi connectivity index (χ2n) is 6.53. The van der Waals surface area contributed by atoms with E-state index in [9.17, 15) is 4.21 Å². The van der Waals surface area contributed by atoms with Crippen molar-refractivity contribution >= 4 is 10.8 Å². The Balaban J connectivity index is 2.15. The van der Waals surface area contributed by atoms with Crippen molar-refractivity contribution in [1.29, 1.82) is 0 Å². The van der Waals surface area contributed by atoms with Crippen molar-refractivity contribution in [2.75, 3.05) is 0 Å². The number of hydrogen-bond donors (Lipinski definition) is 1. The summed E-state index contributed by atoms with van der Waals surface area (Å²) < 4.78 is 12.5. The minimum Gasteiger partial charge on any atom is -0.327 e. The highest BCUT2D eigenvalue weighted by atomic mass is 32.2. The fourth-order valence-electron chi connectivity index (χ4n) is 2.88. The SMILES string of the molecule is CC(C)(C)S(=O)C1CC(c2ccccc2)CCC1N. The Kier molecular flexibility index (Phi) is 4.46. The van der Waals surface area contributed by atoms with Crippen LogP contribution in [-0.2, 0) is 10.8 Å². The summed E-state index contributed by atoms with van der Waals surface area (Å²) >= 11 is 0. The Hall–Kier alpha value is -0.670. The second-order valence-corrected chi connectivity index (χ2v) is 8.96. The lowest BCUT2D eigenvalue weighted by Crippen LogP contribution is -2.46. The van der Waals surface area contributed by atoms with E-state index in [4.69, 9.17) is 5.73 Å². The fourth-order valence-corrected chi connectivity index (χ4v) is 4.65. The lowest BCUT2D eigenvalue weighted by molar-refractivity contribution is 0.397. The molecule has 0 radical (unpaired) electrons. The van der Waals surface area contributed by atoms with E-state index in [-0.39, 0.29) is 16.0 Å². The topological polar surface area (TPSA) is 43.1 Å². The predicted molar refractivity (Wildman–Crippen MR) is 82.7 cm³/mol. The van der Waals surface area contributed by atoms with Gasteiger partial charge in [0.25, 0.3) is 0 Å². The number of benzene rings is 1. The highest BCUT2D eigenvalue weighted by molar-refractivity contribution is 7.87. The molecule has 0 saturated heterocycles. The van der Waals surface area contributed by atoms with Crippen LogP contribution in [0.5, 0.6) is 0 Å². The van der Waals surface area contributed by atoms with Crippen molar-refractivity contribution in [1.82, 2.24) is 0 Å². The van der Waals surface area contributed by atoms with Crippen LogP contribution < -0.4 is 5.73 Å².